The Morgan fingerprint density at radius 1 is 1.11 bits per heavy atom. The van der Waals surface area contributed by atoms with Crippen LogP contribution in [0.15, 0.2) is 52.1 Å². The Kier molecular flexibility index (Phi) is 10.4. The normalized spacial score (nSPS) is 15.1. The largest absolute Gasteiger partial charge is 0.467 e. The Morgan fingerprint density at radius 2 is 1.86 bits per heavy atom. The van der Waals surface area contributed by atoms with Crippen molar-refractivity contribution in [1.29, 1.82) is 0 Å². The summed E-state index contributed by atoms with van der Waals surface area (Å²) in [4.78, 5) is 4.64. The molecule has 6 nitrogen and oxygen atoms in total. The summed E-state index contributed by atoms with van der Waals surface area (Å²) in [6.45, 7) is 6.37. The molecule has 0 saturated carbocycles. The lowest BCUT2D eigenvalue weighted by atomic mass is 10.1. The molecule has 1 aromatic heterocycles. The Bertz CT molecular complexity index is 683. The van der Waals surface area contributed by atoms with E-state index in [1.54, 1.807) is 6.26 Å². The molecule has 1 saturated heterocycles. The van der Waals surface area contributed by atoms with Crippen molar-refractivity contribution in [1.82, 2.24) is 10.6 Å². The van der Waals surface area contributed by atoms with Gasteiger partial charge in [0.05, 0.1) is 32.1 Å². The minimum absolute atomic E-state index is 0. The van der Waals surface area contributed by atoms with Crippen LogP contribution in [0.5, 0.6) is 0 Å². The summed E-state index contributed by atoms with van der Waals surface area (Å²) < 4.78 is 16.7. The van der Waals surface area contributed by atoms with Crippen molar-refractivity contribution in [3.63, 3.8) is 0 Å². The zero-order valence-corrected chi connectivity index (χ0v) is 18.7. The number of ether oxygens (including phenoxy) is 2. The van der Waals surface area contributed by atoms with Crippen molar-refractivity contribution >= 4 is 29.9 Å². The number of benzene rings is 1. The molecule has 2 N–H and O–H groups in total. The Morgan fingerprint density at radius 3 is 2.54 bits per heavy atom. The Hall–Kier alpha value is -1.58. The molecule has 0 bridgehead atoms. The summed E-state index contributed by atoms with van der Waals surface area (Å²) in [5.41, 5.74) is 2.36. The van der Waals surface area contributed by atoms with E-state index >= 15 is 0 Å². The zero-order chi connectivity index (χ0) is 18.7. The van der Waals surface area contributed by atoms with Crippen molar-refractivity contribution in [2.45, 2.75) is 45.6 Å². The van der Waals surface area contributed by atoms with Crippen LogP contribution in [0.3, 0.4) is 0 Å². The van der Waals surface area contributed by atoms with E-state index in [1.807, 2.05) is 12.1 Å². The van der Waals surface area contributed by atoms with Crippen LogP contribution in [0.2, 0.25) is 0 Å². The SMILES string of the molecule is CCNC(=NCc1ccc(COC2CCOCC2)cc1)NCc1ccco1.I. The van der Waals surface area contributed by atoms with Crippen molar-refractivity contribution in [2.75, 3.05) is 19.8 Å². The molecule has 2 aromatic rings. The highest BCUT2D eigenvalue weighted by molar-refractivity contribution is 14.0. The molecule has 1 aliphatic rings. The standard InChI is InChI=1S/C21H29N3O3.HI/c1-2-22-21(24-15-20-4-3-11-26-20)23-14-17-5-7-18(8-6-17)16-27-19-9-12-25-13-10-19;/h3-8,11,19H,2,9-10,12-16H2,1H3,(H2,22,23,24);1H. The van der Waals surface area contributed by atoms with Gasteiger partial charge in [-0.1, -0.05) is 24.3 Å². The topological polar surface area (TPSA) is 68.0 Å². The average Bonchev–Trinajstić information content (AvgIpc) is 3.24. The highest BCUT2D eigenvalue weighted by Gasteiger charge is 2.13. The number of aliphatic imine (C=N–C) groups is 1. The molecule has 0 unspecified atom stereocenters. The number of hydrogen-bond acceptors (Lipinski definition) is 4. The van der Waals surface area contributed by atoms with Crippen molar-refractivity contribution in [3.05, 3.63) is 59.5 Å². The highest BCUT2D eigenvalue weighted by atomic mass is 127. The summed E-state index contributed by atoms with van der Waals surface area (Å²) in [5.74, 6) is 1.66. The van der Waals surface area contributed by atoms with Gasteiger partial charge in [-0.2, -0.15) is 0 Å². The van der Waals surface area contributed by atoms with Gasteiger partial charge in [0.15, 0.2) is 5.96 Å². The summed E-state index contributed by atoms with van der Waals surface area (Å²) >= 11 is 0. The predicted octanol–water partition coefficient (Wildman–Crippen LogP) is 3.85. The average molecular weight is 499 g/mol. The van der Waals surface area contributed by atoms with Crippen LogP contribution in [-0.2, 0) is 29.2 Å². The second-order valence-electron chi connectivity index (χ2n) is 6.57. The monoisotopic (exact) mass is 499 g/mol. The van der Waals surface area contributed by atoms with E-state index in [2.05, 4.69) is 46.8 Å². The Balaban J connectivity index is 0.00000280. The minimum atomic E-state index is 0. The maximum atomic E-state index is 5.97. The summed E-state index contributed by atoms with van der Waals surface area (Å²) in [6, 6.07) is 12.3. The van der Waals surface area contributed by atoms with Crippen LogP contribution in [0.4, 0.5) is 0 Å². The van der Waals surface area contributed by atoms with Crippen molar-refractivity contribution in [2.24, 2.45) is 4.99 Å². The van der Waals surface area contributed by atoms with Crippen LogP contribution < -0.4 is 10.6 Å². The van der Waals surface area contributed by atoms with Gasteiger partial charge in [0.2, 0.25) is 0 Å². The smallest absolute Gasteiger partial charge is 0.191 e. The fourth-order valence-electron chi connectivity index (χ4n) is 2.89. The molecule has 0 aliphatic carbocycles. The second kappa shape index (κ2) is 12.8. The van der Waals surface area contributed by atoms with E-state index in [0.717, 1.165) is 44.3 Å². The number of nitrogens with zero attached hydrogens (tertiary/aromatic N) is 1. The lowest BCUT2D eigenvalue weighted by Gasteiger charge is -2.22. The number of nitrogens with one attached hydrogen (secondary N) is 2. The van der Waals surface area contributed by atoms with E-state index in [1.165, 1.54) is 11.1 Å². The molecule has 1 fully saturated rings. The molecule has 0 radical (unpaired) electrons. The van der Waals surface area contributed by atoms with Crippen LogP contribution >= 0.6 is 24.0 Å². The fourth-order valence-corrected chi connectivity index (χ4v) is 2.89. The van der Waals surface area contributed by atoms with Crippen LogP contribution in [-0.4, -0.2) is 31.8 Å². The number of rotatable bonds is 8. The molecule has 0 amide bonds. The third-order valence-corrected chi connectivity index (χ3v) is 4.45. The first kappa shape index (κ1) is 22.7. The Labute approximate surface area is 184 Å². The second-order valence-corrected chi connectivity index (χ2v) is 6.57. The fraction of sp³-hybridized carbons (Fsp3) is 0.476. The molecule has 1 aliphatic heterocycles. The van der Waals surface area contributed by atoms with E-state index in [4.69, 9.17) is 13.9 Å². The predicted molar refractivity (Wildman–Crippen MR) is 121 cm³/mol. The van der Waals surface area contributed by atoms with Crippen LogP contribution in [0.1, 0.15) is 36.7 Å². The number of hydrogen-bond donors (Lipinski definition) is 2. The minimum Gasteiger partial charge on any atom is -0.467 e. The highest BCUT2D eigenvalue weighted by Crippen LogP contribution is 2.14. The molecule has 0 atom stereocenters. The van der Waals surface area contributed by atoms with Gasteiger partial charge in [-0.3, -0.25) is 0 Å². The van der Waals surface area contributed by atoms with E-state index in [-0.39, 0.29) is 24.0 Å². The van der Waals surface area contributed by atoms with Gasteiger partial charge in [0.1, 0.15) is 5.76 Å². The van der Waals surface area contributed by atoms with E-state index < -0.39 is 0 Å². The quantitative estimate of drug-likeness (QED) is 0.328. The first-order valence-electron chi connectivity index (χ1n) is 9.65. The van der Waals surface area contributed by atoms with Gasteiger partial charge in [-0.05, 0) is 43.0 Å². The van der Waals surface area contributed by atoms with Crippen molar-refractivity contribution < 1.29 is 13.9 Å². The third-order valence-electron chi connectivity index (χ3n) is 4.45. The number of furan rings is 1. The van der Waals surface area contributed by atoms with Gasteiger partial charge in [-0.15, -0.1) is 24.0 Å². The van der Waals surface area contributed by atoms with Gasteiger partial charge in [-0.25, -0.2) is 4.99 Å². The summed E-state index contributed by atoms with van der Waals surface area (Å²) in [5, 5.41) is 6.53. The molecule has 28 heavy (non-hydrogen) atoms. The van der Waals surface area contributed by atoms with E-state index in [0.29, 0.717) is 25.8 Å². The molecule has 1 aromatic carbocycles. The first-order valence-corrected chi connectivity index (χ1v) is 9.65. The van der Waals surface area contributed by atoms with Crippen LogP contribution in [0, 0.1) is 0 Å². The molecular weight excluding hydrogens is 469 g/mol. The lowest BCUT2D eigenvalue weighted by molar-refractivity contribution is -0.0390. The van der Waals surface area contributed by atoms with Gasteiger partial charge in [0.25, 0.3) is 0 Å². The van der Waals surface area contributed by atoms with Gasteiger partial charge in [0, 0.05) is 19.8 Å². The first-order chi connectivity index (χ1) is 13.3. The molecule has 0 spiro atoms. The molecule has 2 heterocycles. The summed E-state index contributed by atoms with van der Waals surface area (Å²) in [7, 11) is 0. The van der Waals surface area contributed by atoms with Gasteiger partial charge >= 0.3 is 0 Å². The summed E-state index contributed by atoms with van der Waals surface area (Å²) in [6.07, 6.45) is 3.98. The van der Waals surface area contributed by atoms with Gasteiger partial charge < -0.3 is 24.5 Å². The number of guanidine groups is 1. The maximum Gasteiger partial charge on any atom is 0.191 e. The van der Waals surface area contributed by atoms with E-state index in [9.17, 15) is 0 Å². The van der Waals surface area contributed by atoms with Crippen LogP contribution in [0.25, 0.3) is 0 Å². The zero-order valence-electron chi connectivity index (χ0n) is 16.4. The number of halogens is 1. The maximum absolute atomic E-state index is 5.97. The molecule has 154 valence electrons. The molecule has 3 rings (SSSR count). The molecule has 7 heteroatoms. The third kappa shape index (κ3) is 7.81. The van der Waals surface area contributed by atoms with Crippen molar-refractivity contribution in [3.8, 4) is 0 Å². The lowest BCUT2D eigenvalue weighted by Crippen LogP contribution is -2.36. The molecular formula is C21H30IN3O3.